The van der Waals surface area contributed by atoms with Gasteiger partial charge in [0.15, 0.2) is 6.10 Å². The summed E-state index contributed by atoms with van der Waals surface area (Å²) in [6, 6.07) is 0. The third kappa shape index (κ3) is 1.64. The van der Waals surface area contributed by atoms with E-state index in [1.165, 1.54) is 13.2 Å². The third-order valence-corrected chi connectivity index (χ3v) is 3.74. The Morgan fingerprint density at radius 1 is 1.67 bits per heavy atom. The number of hydrogen-bond donors (Lipinski definition) is 1. The number of methoxy groups -OCH3 is 1. The molecule has 0 saturated carbocycles. The summed E-state index contributed by atoms with van der Waals surface area (Å²) >= 11 is 6.54. The molecule has 1 aliphatic heterocycles. The van der Waals surface area contributed by atoms with Gasteiger partial charge in [0.25, 0.3) is 0 Å². The van der Waals surface area contributed by atoms with Gasteiger partial charge in [-0.05, 0) is 37.9 Å². The van der Waals surface area contributed by atoms with Crippen LogP contribution in [0.3, 0.4) is 0 Å². The third-order valence-electron chi connectivity index (χ3n) is 2.38. The van der Waals surface area contributed by atoms with Gasteiger partial charge in [-0.15, -0.1) is 0 Å². The SMILES string of the molecule is COC1=C(Br)[C@@H]2OC(=O)C[C@]2(O)C=C1Br. The van der Waals surface area contributed by atoms with Crippen LogP contribution in [0.2, 0.25) is 0 Å². The van der Waals surface area contributed by atoms with E-state index in [0.29, 0.717) is 14.7 Å². The summed E-state index contributed by atoms with van der Waals surface area (Å²) < 4.78 is 11.3. The highest BCUT2D eigenvalue weighted by atomic mass is 79.9. The number of carbonyl (C=O) groups is 1. The molecule has 2 rings (SSSR count). The Morgan fingerprint density at radius 2 is 2.33 bits per heavy atom. The Bertz CT molecular complexity index is 388. The van der Waals surface area contributed by atoms with Gasteiger partial charge in [0.05, 0.1) is 22.5 Å². The van der Waals surface area contributed by atoms with Crippen molar-refractivity contribution in [2.75, 3.05) is 7.11 Å². The molecule has 1 N–H and O–H groups in total. The maximum atomic E-state index is 11.2. The van der Waals surface area contributed by atoms with Crippen LogP contribution in [0.25, 0.3) is 0 Å². The number of rotatable bonds is 1. The van der Waals surface area contributed by atoms with E-state index in [0.717, 1.165) is 0 Å². The molecular weight excluding hydrogens is 332 g/mol. The zero-order valence-corrected chi connectivity index (χ0v) is 11.0. The summed E-state index contributed by atoms with van der Waals surface area (Å²) in [5, 5.41) is 10.2. The van der Waals surface area contributed by atoms with Gasteiger partial charge in [0.1, 0.15) is 11.4 Å². The lowest BCUT2D eigenvalue weighted by atomic mass is 9.91. The lowest BCUT2D eigenvalue weighted by molar-refractivity contribution is -0.140. The van der Waals surface area contributed by atoms with Crippen LogP contribution >= 0.6 is 31.9 Å². The first kappa shape index (κ1) is 11.2. The highest BCUT2D eigenvalue weighted by Gasteiger charge is 2.51. The van der Waals surface area contributed by atoms with E-state index in [1.807, 2.05) is 0 Å². The van der Waals surface area contributed by atoms with Crippen LogP contribution in [0.1, 0.15) is 6.42 Å². The van der Waals surface area contributed by atoms with Crippen LogP contribution in [0.5, 0.6) is 0 Å². The van der Waals surface area contributed by atoms with E-state index in [9.17, 15) is 9.90 Å². The molecule has 82 valence electrons. The number of hydrogen-bond acceptors (Lipinski definition) is 4. The topological polar surface area (TPSA) is 55.8 Å². The van der Waals surface area contributed by atoms with Crippen molar-refractivity contribution in [3.63, 3.8) is 0 Å². The Morgan fingerprint density at radius 3 is 2.93 bits per heavy atom. The smallest absolute Gasteiger partial charge is 0.309 e. The van der Waals surface area contributed by atoms with Gasteiger partial charge in [-0.3, -0.25) is 4.79 Å². The summed E-state index contributed by atoms with van der Waals surface area (Å²) in [5.41, 5.74) is -1.28. The largest absolute Gasteiger partial charge is 0.495 e. The highest BCUT2D eigenvalue weighted by molar-refractivity contribution is 9.12. The second kappa shape index (κ2) is 3.61. The second-order valence-corrected chi connectivity index (χ2v) is 5.12. The van der Waals surface area contributed by atoms with Crippen LogP contribution in [0.15, 0.2) is 20.8 Å². The summed E-state index contributed by atoms with van der Waals surface area (Å²) in [6.07, 6.45) is 0.784. The van der Waals surface area contributed by atoms with Crippen LogP contribution in [-0.2, 0) is 14.3 Å². The number of fused-ring (bicyclic) bond motifs is 1. The molecule has 15 heavy (non-hydrogen) atoms. The number of allylic oxidation sites excluding steroid dienone is 1. The van der Waals surface area contributed by atoms with Crippen molar-refractivity contribution < 1.29 is 19.4 Å². The van der Waals surface area contributed by atoms with E-state index >= 15 is 0 Å². The molecule has 1 heterocycles. The standard InChI is InChI=1S/C9H8Br2O4/c1-14-7-4(10)2-9(13)3-5(12)15-8(9)6(7)11/h2,8,13H,3H2,1H3/t8-,9+/m0/s1. The predicted octanol–water partition coefficient (Wildman–Crippen LogP) is 1.58. The Hall–Kier alpha value is -0.330. The molecule has 0 bridgehead atoms. The van der Waals surface area contributed by atoms with Crippen molar-refractivity contribution >= 4 is 37.8 Å². The van der Waals surface area contributed by atoms with Crippen molar-refractivity contribution in [1.29, 1.82) is 0 Å². The zero-order valence-electron chi connectivity index (χ0n) is 7.79. The van der Waals surface area contributed by atoms with Gasteiger partial charge in [-0.1, -0.05) is 0 Å². The molecule has 2 aliphatic rings. The first-order valence-electron chi connectivity index (χ1n) is 4.22. The fourth-order valence-electron chi connectivity index (χ4n) is 1.71. The molecule has 0 radical (unpaired) electrons. The van der Waals surface area contributed by atoms with E-state index < -0.39 is 17.7 Å². The van der Waals surface area contributed by atoms with Crippen molar-refractivity contribution in [3.05, 3.63) is 20.8 Å². The van der Waals surface area contributed by atoms with E-state index in [4.69, 9.17) is 9.47 Å². The molecule has 0 spiro atoms. The van der Waals surface area contributed by atoms with Crippen LogP contribution in [-0.4, -0.2) is 29.9 Å². The fourth-order valence-corrected chi connectivity index (χ4v) is 3.61. The summed E-state index contributed by atoms with van der Waals surface area (Å²) in [5.74, 6) is 0.104. The quantitative estimate of drug-likeness (QED) is 0.737. The monoisotopic (exact) mass is 338 g/mol. The molecule has 1 saturated heterocycles. The molecule has 0 unspecified atom stereocenters. The zero-order chi connectivity index (χ0) is 11.2. The lowest BCUT2D eigenvalue weighted by Gasteiger charge is -2.29. The molecular formula is C9H8Br2O4. The summed E-state index contributed by atoms with van der Waals surface area (Å²) in [4.78, 5) is 11.2. The number of halogens is 2. The number of aliphatic hydroxyl groups is 1. The molecule has 2 atom stereocenters. The minimum atomic E-state index is -1.28. The Balaban J connectivity index is 2.48. The number of ether oxygens (including phenoxy) is 2. The maximum Gasteiger partial charge on any atom is 0.309 e. The minimum Gasteiger partial charge on any atom is -0.495 e. The average molecular weight is 340 g/mol. The molecule has 6 heteroatoms. The van der Waals surface area contributed by atoms with Gasteiger partial charge >= 0.3 is 5.97 Å². The first-order chi connectivity index (χ1) is 6.98. The Labute approximate surface area is 103 Å². The Kier molecular flexibility index (Phi) is 2.68. The molecule has 0 aromatic heterocycles. The fraction of sp³-hybridized carbons (Fsp3) is 0.444. The van der Waals surface area contributed by atoms with Crippen LogP contribution < -0.4 is 0 Å². The van der Waals surface area contributed by atoms with Gasteiger partial charge in [0.2, 0.25) is 0 Å². The lowest BCUT2D eigenvalue weighted by Crippen LogP contribution is -2.39. The van der Waals surface area contributed by atoms with Gasteiger partial charge < -0.3 is 14.6 Å². The molecule has 0 amide bonds. The van der Waals surface area contributed by atoms with Crippen molar-refractivity contribution in [2.24, 2.45) is 0 Å². The molecule has 1 fully saturated rings. The van der Waals surface area contributed by atoms with Crippen molar-refractivity contribution in [3.8, 4) is 0 Å². The van der Waals surface area contributed by atoms with Crippen molar-refractivity contribution in [2.45, 2.75) is 18.1 Å². The van der Waals surface area contributed by atoms with Gasteiger partial charge in [-0.25, -0.2) is 0 Å². The van der Waals surface area contributed by atoms with E-state index in [1.54, 1.807) is 0 Å². The van der Waals surface area contributed by atoms with Crippen LogP contribution in [0, 0.1) is 0 Å². The molecule has 1 aliphatic carbocycles. The van der Waals surface area contributed by atoms with Gasteiger partial charge in [0, 0.05) is 0 Å². The van der Waals surface area contributed by atoms with Gasteiger partial charge in [-0.2, -0.15) is 0 Å². The van der Waals surface area contributed by atoms with E-state index in [-0.39, 0.29) is 6.42 Å². The maximum absolute atomic E-state index is 11.2. The summed E-state index contributed by atoms with van der Waals surface area (Å²) in [7, 11) is 1.51. The normalized spacial score (nSPS) is 34.8. The first-order valence-corrected chi connectivity index (χ1v) is 5.81. The summed E-state index contributed by atoms with van der Waals surface area (Å²) in [6.45, 7) is 0. The second-order valence-electron chi connectivity index (χ2n) is 3.41. The van der Waals surface area contributed by atoms with E-state index in [2.05, 4.69) is 31.9 Å². The molecule has 0 aromatic rings. The number of carbonyl (C=O) groups excluding carboxylic acids is 1. The average Bonchev–Trinajstić information content (AvgIpc) is 2.41. The van der Waals surface area contributed by atoms with Crippen LogP contribution in [0.4, 0.5) is 0 Å². The number of esters is 1. The highest BCUT2D eigenvalue weighted by Crippen LogP contribution is 2.44. The minimum absolute atomic E-state index is 0.0428. The van der Waals surface area contributed by atoms with Crippen molar-refractivity contribution in [1.82, 2.24) is 0 Å². The predicted molar refractivity (Wildman–Crippen MR) is 59.4 cm³/mol. The molecule has 0 aromatic carbocycles. The molecule has 4 nitrogen and oxygen atoms in total.